The molecule has 3 nitrogen and oxygen atoms in total. The Hall–Kier alpha value is -2.47. The number of fused-ring (bicyclic) bond motifs is 1. The van der Waals surface area contributed by atoms with E-state index in [9.17, 15) is 5.26 Å². The molecule has 106 valence electrons. The molecule has 2 atom stereocenters. The SMILES string of the molecule is Cc1cccc(NC2c3ccccc3OCC2C)c1C#N. The lowest BCUT2D eigenvalue weighted by Crippen LogP contribution is -2.29. The maximum absolute atomic E-state index is 9.38. The number of nitrogens with zero attached hydrogens (tertiary/aromatic N) is 1. The Balaban J connectivity index is 1.99. The van der Waals surface area contributed by atoms with Crippen LogP contribution in [0.25, 0.3) is 0 Å². The molecule has 0 aromatic heterocycles. The zero-order valence-corrected chi connectivity index (χ0v) is 12.3. The summed E-state index contributed by atoms with van der Waals surface area (Å²) in [6, 6.07) is 16.5. The fraction of sp³-hybridized carbons (Fsp3) is 0.278. The lowest BCUT2D eigenvalue weighted by molar-refractivity contribution is 0.214. The van der Waals surface area contributed by atoms with Crippen molar-refractivity contribution in [3.05, 3.63) is 59.2 Å². The van der Waals surface area contributed by atoms with Crippen LogP contribution in [0.1, 0.15) is 29.7 Å². The number of anilines is 1. The summed E-state index contributed by atoms with van der Waals surface area (Å²) < 4.78 is 5.78. The van der Waals surface area contributed by atoms with Crippen LogP contribution < -0.4 is 10.1 Å². The Morgan fingerprint density at radius 2 is 2.00 bits per heavy atom. The Labute approximate surface area is 125 Å². The van der Waals surface area contributed by atoms with Crippen LogP contribution in [0.3, 0.4) is 0 Å². The van der Waals surface area contributed by atoms with Crippen LogP contribution in [-0.2, 0) is 0 Å². The van der Waals surface area contributed by atoms with E-state index < -0.39 is 0 Å². The van der Waals surface area contributed by atoms with Gasteiger partial charge in [-0.1, -0.05) is 37.3 Å². The molecule has 0 saturated heterocycles. The van der Waals surface area contributed by atoms with Crippen molar-refractivity contribution in [1.82, 2.24) is 0 Å². The van der Waals surface area contributed by atoms with Gasteiger partial charge in [0.15, 0.2) is 0 Å². The molecule has 2 unspecified atom stereocenters. The van der Waals surface area contributed by atoms with Crippen LogP contribution in [0, 0.1) is 24.2 Å². The second-order valence-corrected chi connectivity index (χ2v) is 5.56. The van der Waals surface area contributed by atoms with Gasteiger partial charge < -0.3 is 10.1 Å². The van der Waals surface area contributed by atoms with E-state index in [-0.39, 0.29) is 6.04 Å². The third kappa shape index (κ3) is 2.45. The average Bonchev–Trinajstić information content (AvgIpc) is 2.50. The molecule has 1 heterocycles. The summed E-state index contributed by atoms with van der Waals surface area (Å²) in [6.45, 7) is 4.81. The molecule has 0 spiro atoms. The van der Waals surface area contributed by atoms with Gasteiger partial charge in [0.1, 0.15) is 11.8 Å². The zero-order valence-electron chi connectivity index (χ0n) is 12.3. The number of nitriles is 1. The van der Waals surface area contributed by atoms with Gasteiger partial charge in [-0.05, 0) is 24.6 Å². The van der Waals surface area contributed by atoms with Crippen molar-refractivity contribution in [2.24, 2.45) is 5.92 Å². The largest absolute Gasteiger partial charge is 0.493 e. The number of hydrogen-bond donors (Lipinski definition) is 1. The number of hydrogen-bond acceptors (Lipinski definition) is 3. The van der Waals surface area contributed by atoms with Crippen molar-refractivity contribution < 1.29 is 4.74 Å². The molecule has 0 radical (unpaired) electrons. The van der Waals surface area contributed by atoms with E-state index in [0.29, 0.717) is 18.1 Å². The van der Waals surface area contributed by atoms with Crippen molar-refractivity contribution in [3.63, 3.8) is 0 Å². The highest BCUT2D eigenvalue weighted by Gasteiger charge is 2.28. The van der Waals surface area contributed by atoms with Crippen molar-refractivity contribution in [1.29, 1.82) is 5.26 Å². The molecule has 0 aliphatic carbocycles. The van der Waals surface area contributed by atoms with Gasteiger partial charge >= 0.3 is 0 Å². The summed E-state index contributed by atoms with van der Waals surface area (Å²) in [7, 11) is 0. The van der Waals surface area contributed by atoms with Crippen molar-refractivity contribution >= 4 is 5.69 Å². The Morgan fingerprint density at radius 1 is 1.19 bits per heavy atom. The molecule has 0 amide bonds. The quantitative estimate of drug-likeness (QED) is 0.901. The number of nitrogens with one attached hydrogen (secondary N) is 1. The maximum atomic E-state index is 9.38. The Bertz CT molecular complexity index is 703. The van der Waals surface area contributed by atoms with Gasteiger partial charge in [0.05, 0.1) is 23.9 Å². The molecular weight excluding hydrogens is 260 g/mol. The van der Waals surface area contributed by atoms with Gasteiger partial charge in [0, 0.05) is 11.5 Å². The van der Waals surface area contributed by atoms with Gasteiger partial charge in [-0.3, -0.25) is 0 Å². The molecule has 2 aromatic rings. The number of rotatable bonds is 2. The van der Waals surface area contributed by atoms with E-state index in [1.165, 1.54) is 0 Å². The van der Waals surface area contributed by atoms with E-state index in [4.69, 9.17) is 4.74 Å². The van der Waals surface area contributed by atoms with E-state index in [1.54, 1.807) is 0 Å². The van der Waals surface area contributed by atoms with Gasteiger partial charge in [0.2, 0.25) is 0 Å². The summed E-state index contributed by atoms with van der Waals surface area (Å²) in [4.78, 5) is 0. The summed E-state index contributed by atoms with van der Waals surface area (Å²) >= 11 is 0. The summed E-state index contributed by atoms with van der Waals surface area (Å²) in [5, 5.41) is 12.9. The summed E-state index contributed by atoms with van der Waals surface area (Å²) in [5.74, 6) is 1.27. The number of para-hydroxylation sites is 1. The normalized spacial score (nSPS) is 20.0. The van der Waals surface area contributed by atoms with Gasteiger partial charge in [0.25, 0.3) is 0 Å². The maximum Gasteiger partial charge on any atom is 0.124 e. The summed E-state index contributed by atoms with van der Waals surface area (Å²) in [5.41, 5.74) is 3.76. The Kier molecular flexibility index (Phi) is 3.53. The van der Waals surface area contributed by atoms with Crippen molar-refractivity contribution in [2.75, 3.05) is 11.9 Å². The topological polar surface area (TPSA) is 45.0 Å². The average molecular weight is 278 g/mol. The smallest absolute Gasteiger partial charge is 0.124 e. The first-order valence-electron chi connectivity index (χ1n) is 7.18. The molecule has 3 rings (SSSR count). The monoisotopic (exact) mass is 278 g/mol. The minimum atomic E-state index is 0.156. The molecule has 0 fully saturated rings. The molecule has 1 N–H and O–H groups in total. The van der Waals surface area contributed by atoms with E-state index in [1.807, 2.05) is 43.3 Å². The highest BCUT2D eigenvalue weighted by molar-refractivity contribution is 5.62. The highest BCUT2D eigenvalue weighted by atomic mass is 16.5. The fourth-order valence-electron chi connectivity index (χ4n) is 2.82. The second-order valence-electron chi connectivity index (χ2n) is 5.56. The Morgan fingerprint density at radius 3 is 2.81 bits per heavy atom. The third-order valence-electron chi connectivity index (χ3n) is 4.02. The third-order valence-corrected chi connectivity index (χ3v) is 4.02. The zero-order chi connectivity index (χ0) is 14.8. The molecular formula is C18H18N2O. The van der Waals surface area contributed by atoms with Crippen LogP contribution in [0.4, 0.5) is 5.69 Å². The first kappa shape index (κ1) is 13.5. The lowest BCUT2D eigenvalue weighted by Gasteiger charge is -2.33. The van der Waals surface area contributed by atoms with Crippen LogP contribution in [-0.4, -0.2) is 6.61 Å². The molecule has 21 heavy (non-hydrogen) atoms. The van der Waals surface area contributed by atoms with E-state index in [2.05, 4.69) is 24.4 Å². The predicted molar refractivity (Wildman–Crippen MR) is 83.4 cm³/mol. The number of ether oxygens (including phenoxy) is 1. The molecule has 0 saturated carbocycles. The van der Waals surface area contributed by atoms with Gasteiger partial charge in [-0.25, -0.2) is 0 Å². The van der Waals surface area contributed by atoms with Crippen LogP contribution >= 0.6 is 0 Å². The molecule has 1 aliphatic heterocycles. The lowest BCUT2D eigenvalue weighted by atomic mass is 9.91. The fourth-order valence-corrected chi connectivity index (χ4v) is 2.82. The molecule has 3 heteroatoms. The van der Waals surface area contributed by atoms with Crippen LogP contribution in [0.2, 0.25) is 0 Å². The highest BCUT2D eigenvalue weighted by Crippen LogP contribution is 2.38. The summed E-state index contributed by atoms with van der Waals surface area (Å²) in [6.07, 6.45) is 0. The van der Waals surface area contributed by atoms with Crippen LogP contribution in [0.5, 0.6) is 5.75 Å². The first-order chi connectivity index (χ1) is 10.2. The predicted octanol–water partition coefficient (Wildman–Crippen LogP) is 4.05. The van der Waals surface area contributed by atoms with E-state index in [0.717, 1.165) is 22.6 Å². The number of aryl methyl sites for hydroxylation is 1. The van der Waals surface area contributed by atoms with Crippen molar-refractivity contribution in [2.45, 2.75) is 19.9 Å². The molecule has 0 bridgehead atoms. The van der Waals surface area contributed by atoms with Crippen molar-refractivity contribution in [3.8, 4) is 11.8 Å². The van der Waals surface area contributed by atoms with Crippen LogP contribution in [0.15, 0.2) is 42.5 Å². The first-order valence-corrected chi connectivity index (χ1v) is 7.18. The number of benzene rings is 2. The van der Waals surface area contributed by atoms with Gasteiger partial charge in [-0.2, -0.15) is 5.26 Å². The minimum Gasteiger partial charge on any atom is -0.493 e. The van der Waals surface area contributed by atoms with E-state index >= 15 is 0 Å². The molecule has 2 aromatic carbocycles. The minimum absolute atomic E-state index is 0.156. The second kappa shape index (κ2) is 5.49. The standard InChI is InChI=1S/C18H18N2O/c1-12-6-5-8-16(15(12)10-19)20-18-13(2)11-21-17-9-4-3-7-14(17)18/h3-9,13,18,20H,11H2,1-2H3. The van der Waals surface area contributed by atoms with Gasteiger partial charge in [-0.15, -0.1) is 0 Å². The molecule has 1 aliphatic rings.